The molecule has 0 spiro atoms. The Labute approximate surface area is 174 Å². The van der Waals surface area contributed by atoms with E-state index >= 15 is 0 Å². The molecule has 1 saturated heterocycles. The zero-order chi connectivity index (χ0) is 20.4. The molecule has 152 valence electrons. The van der Waals surface area contributed by atoms with E-state index in [-0.39, 0.29) is 10.8 Å². The maximum atomic E-state index is 12.9. The van der Waals surface area contributed by atoms with Crippen LogP contribution in [0, 0.1) is 0 Å². The smallest absolute Gasteiger partial charge is 0.243 e. The number of tetrazole rings is 1. The number of benzene rings is 2. The van der Waals surface area contributed by atoms with Gasteiger partial charge in [0.2, 0.25) is 10.0 Å². The SMILES string of the molecule is COc1ccc(-n2nnnc2C2CCN(S(=O)(=O)c3ccc(Cl)cc3)CC2)cc1. The van der Waals surface area contributed by atoms with E-state index in [1.165, 1.54) is 16.4 Å². The molecule has 0 aliphatic carbocycles. The molecule has 1 aliphatic heterocycles. The molecule has 4 rings (SSSR count). The van der Waals surface area contributed by atoms with Gasteiger partial charge < -0.3 is 4.74 Å². The van der Waals surface area contributed by atoms with Gasteiger partial charge >= 0.3 is 0 Å². The summed E-state index contributed by atoms with van der Waals surface area (Å²) in [5, 5.41) is 12.6. The first kappa shape index (κ1) is 19.8. The first-order valence-electron chi connectivity index (χ1n) is 9.17. The van der Waals surface area contributed by atoms with E-state index in [0.717, 1.165) is 17.3 Å². The summed E-state index contributed by atoms with van der Waals surface area (Å²) in [5.41, 5.74) is 0.835. The van der Waals surface area contributed by atoms with Gasteiger partial charge in [0.25, 0.3) is 0 Å². The molecule has 10 heteroatoms. The van der Waals surface area contributed by atoms with Crippen LogP contribution in [-0.4, -0.2) is 53.1 Å². The second-order valence-electron chi connectivity index (χ2n) is 6.78. The summed E-state index contributed by atoms with van der Waals surface area (Å²) in [6.45, 7) is 0.816. The average molecular weight is 434 g/mol. The van der Waals surface area contributed by atoms with Gasteiger partial charge in [-0.1, -0.05) is 11.6 Å². The highest BCUT2D eigenvalue weighted by atomic mass is 35.5. The molecule has 0 saturated carbocycles. The number of aromatic nitrogens is 4. The molecule has 0 bridgehead atoms. The van der Waals surface area contributed by atoms with E-state index in [1.54, 1.807) is 23.9 Å². The monoisotopic (exact) mass is 433 g/mol. The normalized spacial score (nSPS) is 16.1. The van der Waals surface area contributed by atoms with Crippen LogP contribution in [0.15, 0.2) is 53.4 Å². The number of hydrogen-bond acceptors (Lipinski definition) is 6. The molecule has 3 aromatic rings. The molecule has 0 N–H and O–H groups in total. The van der Waals surface area contributed by atoms with Crippen molar-refractivity contribution in [2.45, 2.75) is 23.7 Å². The molecule has 0 atom stereocenters. The second-order valence-corrected chi connectivity index (χ2v) is 9.15. The van der Waals surface area contributed by atoms with Crippen LogP contribution in [0.5, 0.6) is 5.75 Å². The van der Waals surface area contributed by atoms with Crippen molar-refractivity contribution in [1.29, 1.82) is 0 Å². The molecule has 8 nitrogen and oxygen atoms in total. The zero-order valence-electron chi connectivity index (χ0n) is 15.8. The van der Waals surface area contributed by atoms with Crippen molar-refractivity contribution in [2.75, 3.05) is 20.2 Å². The molecule has 29 heavy (non-hydrogen) atoms. The second kappa shape index (κ2) is 8.10. The van der Waals surface area contributed by atoms with E-state index < -0.39 is 10.0 Å². The Kier molecular flexibility index (Phi) is 5.53. The molecular weight excluding hydrogens is 414 g/mol. The quantitative estimate of drug-likeness (QED) is 0.614. The number of halogens is 1. The maximum absolute atomic E-state index is 12.9. The summed E-state index contributed by atoms with van der Waals surface area (Å²) in [4.78, 5) is 0.253. The van der Waals surface area contributed by atoms with Crippen LogP contribution in [0.1, 0.15) is 24.6 Å². The molecule has 1 fully saturated rings. The van der Waals surface area contributed by atoms with Crippen LogP contribution in [0.3, 0.4) is 0 Å². The molecule has 2 aromatic carbocycles. The third-order valence-corrected chi connectivity index (χ3v) is 7.25. The van der Waals surface area contributed by atoms with E-state index in [0.29, 0.717) is 31.0 Å². The molecule has 0 radical (unpaired) electrons. The summed E-state index contributed by atoms with van der Waals surface area (Å²) in [6.07, 6.45) is 1.28. The third-order valence-electron chi connectivity index (χ3n) is 5.08. The number of rotatable bonds is 5. The molecular formula is C19H20ClN5O3S. The van der Waals surface area contributed by atoms with Gasteiger partial charge in [-0.25, -0.2) is 8.42 Å². The Hall–Kier alpha value is -2.49. The summed E-state index contributed by atoms with van der Waals surface area (Å²) < 4.78 is 34.1. The minimum absolute atomic E-state index is 0.0729. The highest BCUT2D eigenvalue weighted by Gasteiger charge is 2.32. The number of methoxy groups -OCH3 is 1. The number of piperidine rings is 1. The minimum atomic E-state index is -3.54. The maximum Gasteiger partial charge on any atom is 0.243 e. The Morgan fingerprint density at radius 3 is 2.31 bits per heavy atom. The van der Waals surface area contributed by atoms with Crippen LogP contribution < -0.4 is 4.74 Å². The molecule has 0 amide bonds. The van der Waals surface area contributed by atoms with Gasteiger partial charge in [0.05, 0.1) is 17.7 Å². The van der Waals surface area contributed by atoms with Gasteiger partial charge in [0.1, 0.15) is 5.75 Å². The fourth-order valence-electron chi connectivity index (χ4n) is 3.47. The van der Waals surface area contributed by atoms with Crippen LogP contribution in [-0.2, 0) is 10.0 Å². The van der Waals surface area contributed by atoms with Crippen molar-refractivity contribution < 1.29 is 13.2 Å². The third kappa shape index (κ3) is 3.98. The highest BCUT2D eigenvalue weighted by Crippen LogP contribution is 2.30. The van der Waals surface area contributed by atoms with Crippen molar-refractivity contribution in [3.63, 3.8) is 0 Å². The minimum Gasteiger partial charge on any atom is -0.497 e. The fraction of sp³-hybridized carbons (Fsp3) is 0.316. The standard InChI is InChI=1S/C19H20ClN5O3S/c1-28-17-6-4-16(5-7-17)25-19(21-22-23-25)14-10-12-24(13-11-14)29(26,27)18-8-2-15(20)3-9-18/h2-9,14H,10-13H2,1H3. The lowest BCUT2D eigenvalue weighted by Gasteiger charge is -2.30. The Bertz CT molecular complexity index is 1080. The van der Waals surface area contributed by atoms with E-state index in [4.69, 9.17) is 16.3 Å². The van der Waals surface area contributed by atoms with Crippen molar-refractivity contribution in [1.82, 2.24) is 24.5 Å². The predicted molar refractivity (Wildman–Crippen MR) is 108 cm³/mol. The van der Waals surface area contributed by atoms with Gasteiger partial charge in [0.15, 0.2) is 5.82 Å². The lowest BCUT2D eigenvalue weighted by Crippen LogP contribution is -2.38. The van der Waals surface area contributed by atoms with Crippen LogP contribution in [0.4, 0.5) is 0 Å². The number of hydrogen-bond donors (Lipinski definition) is 0. The van der Waals surface area contributed by atoms with Gasteiger partial charge in [-0.2, -0.15) is 8.99 Å². The fourth-order valence-corrected chi connectivity index (χ4v) is 5.06. The van der Waals surface area contributed by atoms with Gasteiger partial charge in [-0.05, 0) is 71.8 Å². The van der Waals surface area contributed by atoms with Gasteiger partial charge in [-0.15, -0.1) is 5.10 Å². The van der Waals surface area contributed by atoms with Crippen molar-refractivity contribution in [3.8, 4) is 11.4 Å². The number of sulfonamides is 1. The van der Waals surface area contributed by atoms with E-state index in [2.05, 4.69) is 15.5 Å². The van der Waals surface area contributed by atoms with Crippen LogP contribution in [0.2, 0.25) is 5.02 Å². The number of ether oxygens (including phenoxy) is 1. The lowest BCUT2D eigenvalue weighted by atomic mass is 9.97. The summed E-state index contributed by atoms with van der Waals surface area (Å²) >= 11 is 5.87. The number of nitrogens with zero attached hydrogens (tertiary/aromatic N) is 5. The van der Waals surface area contributed by atoms with Crippen LogP contribution in [0.25, 0.3) is 5.69 Å². The van der Waals surface area contributed by atoms with Crippen molar-refractivity contribution in [3.05, 3.63) is 59.4 Å². The summed E-state index contributed by atoms with van der Waals surface area (Å²) in [5.74, 6) is 1.56. The predicted octanol–water partition coefficient (Wildman–Crippen LogP) is 2.89. The summed E-state index contributed by atoms with van der Waals surface area (Å²) in [7, 11) is -1.92. The zero-order valence-corrected chi connectivity index (χ0v) is 17.3. The molecule has 2 heterocycles. The summed E-state index contributed by atoms with van der Waals surface area (Å²) in [6, 6.07) is 13.7. The molecule has 0 unspecified atom stereocenters. The highest BCUT2D eigenvalue weighted by molar-refractivity contribution is 7.89. The molecule has 1 aliphatic rings. The van der Waals surface area contributed by atoms with Crippen molar-refractivity contribution >= 4 is 21.6 Å². The Morgan fingerprint density at radius 1 is 1.03 bits per heavy atom. The molecule has 1 aromatic heterocycles. The largest absolute Gasteiger partial charge is 0.497 e. The average Bonchev–Trinajstić information content (AvgIpc) is 3.24. The first-order chi connectivity index (χ1) is 14.0. The van der Waals surface area contributed by atoms with E-state index in [1.807, 2.05) is 24.3 Å². The van der Waals surface area contributed by atoms with Gasteiger partial charge in [-0.3, -0.25) is 0 Å². The van der Waals surface area contributed by atoms with Crippen molar-refractivity contribution in [2.24, 2.45) is 0 Å². The van der Waals surface area contributed by atoms with Gasteiger partial charge in [0, 0.05) is 24.0 Å². The lowest BCUT2D eigenvalue weighted by molar-refractivity contribution is 0.311. The first-order valence-corrected chi connectivity index (χ1v) is 11.0. The topological polar surface area (TPSA) is 90.2 Å². The van der Waals surface area contributed by atoms with E-state index in [9.17, 15) is 8.42 Å². The Balaban J connectivity index is 1.49. The Morgan fingerprint density at radius 2 is 1.69 bits per heavy atom. The van der Waals surface area contributed by atoms with Crippen LogP contribution >= 0.6 is 11.6 Å².